The van der Waals surface area contributed by atoms with Crippen molar-refractivity contribution in [2.24, 2.45) is 17.3 Å². The number of rotatable bonds is 3. The van der Waals surface area contributed by atoms with E-state index in [1.54, 1.807) is 6.08 Å². The van der Waals surface area contributed by atoms with Crippen molar-refractivity contribution in [3.8, 4) is 6.07 Å². The van der Waals surface area contributed by atoms with Crippen molar-refractivity contribution in [3.63, 3.8) is 0 Å². The van der Waals surface area contributed by atoms with Crippen LogP contribution < -0.4 is 0 Å². The van der Waals surface area contributed by atoms with Gasteiger partial charge in [0.05, 0.1) is 6.07 Å². The van der Waals surface area contributed by atoms with Gasteiger partial charge in [0.2, 0.25) is 0 Å². The van der Waals surface area contributed by atoms with Crippen molar-refractivity contribution >= 4 is 0 Å². The van der Waals surface area contributed by atoms with Crippen molar-refractivity contribution in [3.05, 3.63) is 11.6 Å². The second-order valence-corrected chi connectivity index (χ2v) is 5.10. The Bertz CT molecular complexity index is 284. The SMILES string of the molecule is CCC(C)C1CCC(=CC#N)C1(C)CC. The standard InChI is InChI=1S/C14H23N/c1-5-11(3)13-8-7-12(9-10-15)14(13,4)6-2/h9,11,13H,5-8H2,1-4H3. The molecule has 0 heterocycles. The minimum Gasteiger partial charge on any atom is -0.193 e. The fraction of sp³-hybridized carbons (Fsp3) is 0.786. The second kappa shape index (κ2) is 4.84. The van der Waals surface area contributed by atoms with E-state index in [1.165, 1.54) is 18.4 Å². The molecular weight excluding hydrogens is 182 g/mol. The van der Waals surface area contributed by atoms with Gasteiger partial charge in [-0.05, 0) is 36.5 Å². The molecule has 1 nitrogen and oxygen atoms in total. The Balaban J connectivity index is 2.96. The van der Waals surface area contributed by atoms with Crippen LogP contribution in [0.5, 0.6) is 0 Å². The molecule has 0 bridgehead atoms. The van der Waals surface area contributed by atoms with Crippen LogP contribution in [-0.2, 0) is 0 Å². The Hall–Kier alpha value is -0.770. The fourth-order valence-electron chi connectivity index (χ4n) is 3.15. The van der Waals surface area contributed by atoms with Crippen LogP contribution in [0.3, 0.4) is 0 Å². The maximum absolute atomic E-state index is 8.81. The van der Waals surface area contributed by atoms with Gasteiger partial charge >= 0.3 is 0 Å². The zero-order valence-electron chi connectivity index (χ0n) is 10.5. The monoisotopic (exact) mass is 205 g/mol. The maximum atomic E-state index is 8.81. The highest BCUT2D eigenvalue weighted by molar-refractivity contribution is 5.25. The zero-order valence-corrected chi connectivity index (χ0v) is 10.5. The summed E-state index contributed by atoms with van der Waals surface area (Å²) in [6.07, 6.45) is 6.61. The molecule has 0 aliphatic heterocycles. The lowest BCUT2D eigenvalue weighted by Crippen LogP contribution is -2.27. The van der Waals surface area contributed by atoms with Crippen molar-refractivity contribution in [2.45, 2.75) is 53.4 Å². The van der Waals surface area contributed by atoms with Crippen LogP contribution in [0.1, 0.15) is 53.4 Å². The number of hydrogen-bond donors (Lipinski definition) is 0. The van der Waals surface area contributed by atoms with Crippen molar-refractivity contribution < 1.29 is 0 Å². The fourth-order valence-corrected chi connectivity index (χ4v) is 3.15. The van der Waals surface area contributed by atoms with E-state index in [-0.39, 0.29) is 5.41 Å². The molecule has 0 aromatic heterocycles. The first-order valence-electron chi connectivity index (χ1n) is 6.19. The van der Waals surface area contributed by atoms with Gasteiger partial charge in [0.1, 0.15) is 0 Å². The lowest BCUT2D eigenvalue weighted by molar-refractivity contribution is 0.187. The minimum atomic E-state index is 0.283. The van der Waals surface area contributed by atoms with Gasteiger partial charge in [-0.1, -0.05) is 39.7 Å². The van der Waals surface area contributed by atoms with E-state index in [9.17, 15) is 0 Å². The Morgan fingerprint density at radius 1 is 1.60 bits per heavy atom. The normalized spacial score (nSPS) is 35.4. The third-order valence-corrected chi connectivity index (χ3v) is 4.58. The summed E-state index contributed by atoms with van der Waals surface area (Å²) in [4.78, 5) is 0. The molecule has 0 aromatic carbocycles. The number of allylic oxidation sites excluding steroid dienone is 2. The largest absolute Gasteiger partial charge is 0.193 e. The van der Waals surface area contributed by atoms with Gasteiger partial charge in [0.15, 0.2) is 0 Å². The number of hydrogen-bond acceptors (Lipinski definition) is 1. The van der Waals surface area contributed by atoms with E-state index in [0.717, 1.165) is 24.7 Å². The van der Waals surface area contributed by atoms with Gasteiger partial charge in [-0.15, -0.1) is 0 Å². The molecule has 1 heteroatoms. The molecule has 1 aliphatic carbocycles. The van der Waals surface area contributed by atoms with Crippen LogP contribution in [0.25, 0.3) is 0 Å². The number of nitrogens with zero attached hydrogens (tertiary/aromatic N) is 1. The van der Waals surface area contributed by atoms with Gasteiger partial charge in [-0.2, -0.15) is 5.26 Å². The molecule has 0 N–H and O–H groups in total. The summed E-state index contributed by atoms with van der Waals surface area (Å²) in [5, 5.41) is 8.81. The highest BCUT2D eigenvalue weighted by atomic mass is 14.5. The average Bonchev–Trinajstić information content (AvgIpc) is 2.57. The second-order valence-electron chi connectivity index (χ2n) is 5.10. The smallest absolute Gasteiger partial charge is 0.0911 e. The molecule has 1 fully saturated rings. The van der Waals surface area contributed by atoms with Gasteiger partial charge in [-0.25, -0.2) is 0 Å². The van der Waals surface area contributed by atoms with Crippen LogP contribution in [0.15, 0.2) is 11.6 Å². The molecule has 1 saturated carbocycles. The molecule has 0 amide bonds. The average molecular weight is 205 g/mol. The summed E-state index contributed by atoms with van der Waals surface area (Å²) in [6, 6.07) is 2.21. The molecule has 1 rings (SSSR count). The van der Waals surface area contributed by atoms with Gasteiger partial charge in [-0.3, -0.25) is 0 Å². The van der Waals surface area contributed by atoms with Gasteiger partial charge in [0.25, 0.3) is 0 Å². The lowest BCUT2D eigenvalue weighted by atomic mass is 9.69. The Labute approximate surface area is 94.2 Å². The van der Waals surface area contributed by atoms with E-state index in [4.69, 9.17) is 5.26 Å². The van der Waals surface area contributed by atoms with Gasteiger partial charge < -0.3 is 0 Å². The van der Waals surface area contributed by atoms with Crippen LogP contribution in [-0.4, -0.2) is 0 Å². The molecule has 84 valence electrons. The molecule has 1 aliphatic rings. The Morgan fingerprint density at radius 2 is 2.27 bits per heavy atom. The third-order valence-electron chi connectivity index (χ3n) is 4.58. The summed E-state index contributed by atoms with van der Waals surface area (Å²) in [7, 11) is 0. The summed E-state index contributed by atoms with van der Waals surface area (Å²) in [5.41, 5.74) is 1.67. The van der Waals surface area contributed by atoms with Crippen molar-refractivity contribution in [1.82, 2.24) is 0 Å². The van der Waals surface area contributed by atoms with Crippen LogP contribution in [0.2, 0.25) is 0 Å². The predicted octanol–water partition coefficient (Wildman–Crippen LogP) is 4.31. The Morgan fingerprint density at radius 3 is 2.73 bits per heavy atom. The highest BCUT2D eigenvalue weighted by Crippen LogP contribution is 2.53. The van der Waals surface area contributed by atoms with Crippen molar-refractivity contribution in [2.75, 3.05) is 0 Å². The molecule has 3 unspecified atom stereocenters. The molecule has 3 atom stereocenters. The van der Waals surface area contributed by atoms with Crippen LogP contribution in [0, 0.1) is 28.6 Å². The molecule has 0 saturated heterocycles. The van der Waals surface area contributed by atoms with E-state index >= 15 is 0 Å². The first-order valence-corrected chi connectivity index (χ1v) is 6.19. The lowest BCUT2D eigenvalue weighted by Gasteiger charge is -2.35. The summed E-state index contributed by atoms with van der Waals surface area (Å²) in [6.45, 7) is 9.23. The van der Waals surface area contributed by atoms with E-state index < -0.39 is 0 Å². The molecule has 15 heavy (non-hydrogen) atoms. The van der Waals surface area contributed by atoms with E-state index in [1.807, 2.05) is 0 Å². The highest BCUT2D eigenvalue weighted by Gasteiger charge is 2.42. The van der Waals surface area contributed by atoms with E-state index in [0.29, 0.717) is 0 Å². The molecule has 0 radical (unpaired) electrons. The summed E-state index contributed by atoms with van der Waals surface area (Å²) in [5.74, 6) is 1.55. The summed E-state index contributed by atoms with van der Waals surface area (Å²) < 4.78 is 0. The molecule has 0 spiro atoms. The maximum Gasteiger partial charge on any atom is 0.0911 e. The third kappa shape index (κ3) is 2.09. The van der Waals surface area contributed by atoms with Crippen LogP contribution >= 0.6 is 0 Å². The predicted molar refractivity (Wildman–Crippen MR) is 64.3 cm³/mol. The first-order chi connectivity index (χ1) is 7.10. The van der Waals surface area contributed by atoms with Crippen molar-refractivity contribution in [1.29, 1.82) is 5.26 Å². The Kier molecular flexibility index (Phi) is 3.97. The molecular formula is C14H23N. The van der Waals surface area contributed by atoms with Gasteiger partial charge in [0, 0.05) is 6.08 Å². The quantitative estimate of drug-likeness (QED) is 0.630. The van der Waals surface area contributed by atoms with E-state index in [2.05, 4.69) is 33.8 Å². The zero-order chi connectivity index (χ0) is 11.5. The van der Waals surface area contributed by atoms with Crippen LogP contribution in [0.4, 0.5) is 0 Å². The minimum absolute atomic E-state index is 0.283. The first kappa shape index (κ1) is 12.3. The summed E-state index contributed by atoms with van der Waals surface area (Å²) >= 11 is 0. The topological polar surface area (TPSA) is 23.8 Å². The molecule has 0 aromatic rings. The number of nitriles is 1.